The van der Waals surface area contributed by atoms with Crippen molar-refractivity contribution in [2.45, 2.75) is 77.0 Å². The number of nitrogens with two attached hydrogens (primary N) is 1. The molecule has 4 atom stereocenters. The Hall–Kier alpha value is -4.62. The lowest BCUT2D eigenvalue weighted by Gasteiger charge is -2.30. The summed E-state index contributed by atoms with van der Waals surface area (Å²) in [6.45, 7) is 5.24. The highest BCUT2D eigenvalue weighted by atomic mass is 16.2. The molecule has 2 aliphatic rings. The molecule has 0 saturated carbocycles. The SMILES string of the molecule is CC(=O)C=C(N)C(=O)N[C@@H](Cc1cccnc1)C(=O)N1CCC[C@H]1C(=O)N[C@@H](C[C@@H]1CCNC1=O)C(=O)C(=O)NC(C)C. The number of hydrogen-bond acceptors (Lipinski definition) is 9. The quantitative estimate of drug-likeness (QED) is 0.134. The number of likely N-dealkylation sites (tertiary alicyclic amines) is 1. The minimum absolute atomic E-state index is 0.0316. The summed E-state index contributed by atoms with van der Waals surface area (Å²) in [5.74, 6) is -5.07. The number of nitrogens with zero attached hydrogens (tertiary/aromatic N) is 2. The number of ketones is 2. The third-order valence-corrected chi connectivity index (χ3v) is 7.19. The number of nitrogens with one attached hydrogen (secondary N) is 4. The van der Waals surface area contributed by atoms with E-state index in [9.17, 15) is 33.6 Å². The van der Waals surface area contributed by atoms with Gasteiger partial charge in [-0.1, -0.05) is 6.07 Å². The van der Waals surface area contributed by atoms with E-state index in [1.165, 1.54) is 18.0 Å². The second-order valence-electron chi connectivity index (χ2n) is 11.1. The van der Waals surface area contributed by atoms with Crippen LogP contribution in [-0.2, 0) is 40.0 Å². The molecule has 14 heteroatoms. The van der Waals surface area contributed by atoms with Gasteiger partial charge in [0.2, 0.25) is 23.5 Å². The van der Waals surface area contributed by atoms with Crippen molar-refractivity contribution in [2.24, 2.45) is 11.7 Å². The monoisotopic (exact) mass is 597 g/mol. The van der Waals surface area contributed by atoms with Crippen LogP contribution in [0, 0.1) is 5.92 Å². The van der Waals surface area contributed by atoms with E-state index in [0.717, 1.165) is 6.08 Å². The van der Waals surface area contributed by atoms with Crippen molar-refractivity contribution in [3.8, 4) is 0 Å². The first-order valence-electron chi connectivity index (χ1n) is 14.3. The van der Waals surface area contributed by atoms with Gasteiger partial charge in [-0.3, -0.25) is 38.5 Å². The predicted molar refractivity (Wildman–Crippen MR) is 154 cm³/mol. The third kappa shape index (κ3) is 9.18. The van der Waals surface area contributed by atoms with E-state index in [-0.39, 0.29) is 43.5 Å². The summed E-state index contributed by atoms with van der Waals surface area (Å²) in [5.41, 5.74) is 6.00. The topological polar surface area (TPSA) is 210 Å². The normalized spacial score (nSPS) is 19.8. The molecule has 6 N–H and O–H groups in total. The highest BCUT2D eigenvalue weighted by Gasteiger charge is 2.41. The van der Waals surface area contributed by atoms with Gasteiger partial charge in [0, 0.05) is 49.9 Å². The van der Waals surface area contributed by atoms with Gasteiger partial charge >= 0.3 is 0 Å². The molecule has 43 heavy (non-hydrogen) atoms. The van der Waals surface area contributed by atoms with Gasteiger partial charge in [-0.15, -0.1) is 0 Å². The Balaban J connectivity index is 1.82. The van der Waals surface area contributed by atoms with Crippen LogP contribution in [-0.4, -0.2) is 88.2 Å². The summed E-state index contributed by atoms with van der Waals surface area (Å²) in [5, 5.41) is 10.4. The van der Waals surface area contributed by atoms with Crippen molar-refractivity contribution in [1.29, 1.82) is 0 Å². The summed E-state index contributed by atoms with van der Waals surface area (Å²) >= 11 is 0. The number of aromatic nitrogens is 1. The molecule has 3 rings (SSSR count). The maximum atomic E-state index is 13.8. The van der Waals surface area contributed by atoms with E-state index in [4.69, 9.17) is 5.73 Å². The number of pyridine rings is 1. The van der Waals surface area contributed by atoms with Crippen LogP contribution < -0.4 is 27.0 Å². The largest absolute Gasteiger partial charge is 0.394 e. The van der Waals surface area contributed by atoms with Crippen LogP contribution in [0.1, 0.15) is 52.0 Å². The molecule has 5 amide bonds. The smallest absolute Gasteiger partial charge is 0.289 e. The van der Waals surface area contributed by atoms with Gasteiger partial charge in [0.25, 0.3) is 11.8 Å². The van der Waals surface area contributed by atoms with Gasteiger partial charge in [-0.2, -0.15) is 0 Å². The van der Waals surface area contributed by atoms with Gasteiger partial charge in [0.05, 0.1) is 6.04 Å². The first-order chi connectivity index (χ1) is 20.4. The molecular formula is C29H39N7O7. The van der Waals surface area contributed by atoms with E-state index in [1.807, 2.05) is 0 Å². The van der Waals surface area contributed by atoms with Crippen molar-refractivity contribution >= 4 is 41.1 Å². The van der Waals surface area contributed by atoms with Crippen molar-refractivity contribution in [3.05, 3.63) is 41.9 Å². The summed E-state index contributed by atoms with van der Waals surface area (Å²) in [4.78, 5) is 94.7. The Morgan fingerprint density at radius 3 is 2.44 bits per heavy atom. The molecule has 2 saturated heterocycles. The number of carbonyl (C=O) groups is 7. The lowest BCUT2D eigenvalue weighted by Crippen LogP contribution is -2.57. The highest BCUT2D eigenvalue weighted by molar-refractivity contribution is 6.38. The molecule has 0 aliphatic carbocycles. The van der Waals surface area contributed by atoms with Crippen LogP contribution in [0.2, 0.25) is 0 Å². The van der Waals surface area contributed by atoms with Gasteiger partial charge < -0.3 is 31.9 Å². The molecule has 0 unspecified atom stereocenters. The van der Waals surface area contributed by atoms with Crippen molar-refractivity contribution < 1.29 is 33.6 Å². The predicted octanol–water partition coefficient (Wildman–Crippen LogP) is -1.36. The number of Topliss-reactive ketones (excluding diaryl/α,β-unsaturated/α-hetero) is 1. The van der Waals surface area contributed by atoms with Crippen LogP contribution in [0.3, 0.4) is 0 Å². The minimum atomic E-state index is -1.28. The molecule has 0 spiro atoms. The Labute approximate surface area is 249 Å². The molecule has 3 heterocycles. The van der Waals surface area contributed by atoms with E-state index in [2.05, 4.69) is 26.3 Å². The van der Waals surface area contributed by atoms with Crippen LogP contribution in [0.25, 0.3) is 0 Å². The number of rotatable bonds is 13. The average Bonchev–Trinajstić information content (AvgIpc) is 3.60. The van der Waals surface area contributed by atoms with Gasteiger partial charge in [0.1, 0.15) is 17.8 Å². The van der Waals surface area contributed by atoms with Crippen LogP contribution in [0.4, 0.5) is 0 Å². The molecule has 0 radical (unpaired) electrons. The maximum Gasteiger partial charge on any atom is 0.289 e. The van der Waals surface area contributed by atoms with Gasteiger partial charge in [-0.25, -0.2) is 0 Å². The Morgan fingerprint density at radius 1 is 1.09 bits per heavy atom. The molecule has 1 aromatic heterocycles. The Kier molecular flexibility index (Phi) is 11.5. The fraction of sp³-hybridized carbons (Fsp3) is 0.517. The lowest BCUT2D eigenvalue weighted by atomic mass is 9.95. The average molecular weight is 598 g/mol. The fourth-order valence-corrected chi connectivity index (χ4v) is 5.13. The standard InChI is InChI=1S/C29H39N7O7/c1-16(2)33-28(42)24(38)21(14-19-8-10-32-25(19)39)34-27(41)23-7-5-11-36(23)29(43)22(13-18-6-4-9-31-15-18)35-26(40)20(30)12-17(3)37/h4,6,9,12,15-16,19,21-23H,5,7-8,10-11,13-14,30H2,1-3H3,(H,32,39)(H,33,42)(H,34,41)(H,35,40)/t19-,21-,22-,23-/m0/s1. The Bertz CT molecular complexity index is 1280. The maximum absolute atomic E-state index is 13.8. The molecule has 2 aliphatic heterocycles. The number of amides is 5. The second kappa shape index (κ2) is 15.0. The number of carbonyl (C=O) groups excluding carboxylic acids is 7. The highest BCUT2D eigenvalue weighted by Crippen LogP contribution is 2.22. The van der Waals surface area contributed by atoms with Crippen molar-refractivity contribution in [1.82, 2.24) is 31.2 Å². The first-order valence-corrected chi connectivity index (χ1v) is 14.3. The molecule has 1 aromatic rings. The van der Waals surface area contributed by atoms with E-state index in [1.54, 1.807) is 32.2 Å². The number of allylic oxidation sites excluding steroid dienone is 1. The fourth-order valence-electron chi connectivity index (χ4n) is 5.13. The van der Waals surface area contributed by atoms with E-state index >= 15 is 0 Å². The zero-order valence-electron chi connectivity index (χ0n) is 24.6. The molecule has 0 aromatic carbocycles. The summed E-state index contributed by atoms with van der Waals surface area (Å²) in [7, 11) is 0. The van der Waals surface area contributed by atoms with Crippen LogP contribution in [0.15, 0.2) is 36.3 Å². The second-order valence-corrected chi connectivity index (χ2v) is 11.1. The molecule has 2 fully saturated rings. The van der Waals surface area contributed by atoms with Crippen molar-refractivity contribution in [2.75, 3.05) is 13.1 Å². The summed E-state index contributed by atoms with van der Waals surface area (Å²) in [6.07, 6.45) is 5.21. The molecule has 0 bridgehead atoms. The third-order valence-electron chi connectivity index (χ3n) is 7.19. The molecule has 232 valence electrons. The first kappa shape index (κ1) is 32.9. The molecular weight excluding hydrogens is 558 g/mol. The number of hydrogen-bond donors (Lipinski definition) is 5. The van der Waals surface area contributed by atoms with E-state index in [0.29, 0.717) is 24.9 Å². The van der Waals surface area contributed by atoms with Crippen LogP contribution >= 0.6 is 0 Å². The summed E-state index contributed by atoms with van der Waals surface area (Å²) < 4.78 is 0. The van der Waals surface area contributed by atoms with E-state index < -0.39 is 59.2 Å². The minimum Gasteiger partial charge on any atom is -0.394 e. The van der Waals surface area contributed by atoms with Gasteiger partial charge in [-0.05, 0) is 58.1 Å². The summed E-state index contributed by atoms with van der Waals surface area (Å²) in [6, 6.07) is -0.351. The zero-order chi connectivity index (χ0) is 31.7. The van der Waals surface area contributed by atoms with Crippen LogP contribution in [0.5, 0.6) is 0 Å². The lowest BCUT2D eigenvalue weighted by molar-refractivity contribution is -0.143. The zero-order valence-corrected chi connectivity index (χ0v) is 24.6. The Morgan fingerprint density at radius 2 is 1.84 bits per heavy atom. The molecule has 14 nitrogen and oxygen atoms in total. The van der Waals surface area contributed by atoms with Crippen molar-refractivity contribution in [3.63, 3.8) is 0 Å². The van der Waals surface area contributed by atoms with Gasteiger partial charge in [0.15, 0.2) is 5.78 Å².